The fraction of sp³-hybridized carbons (Fsp3) is 0.200. The van der Waals surface area contributed by atoms with Gasteiger partial charge in [-0.2, -0.15) is 4.98 Å². The molecular weight excluding hydrogens is 222 g/mol. The molecule has 0 saturated heterocycles. The summed E-state index contributed by atoms with van der Waals surface area (Å²) in [7, 11) is 3.55. The predicted molar refractivity (Wildman–Crippen MR) is 64.9 cm³/mol. The van der Waals surface area contributed by atoms with Crippen molar-refractivity contribution in [3.8, 4) is 0 Å². The van der Waals surface area contributed by atoms with E-state index in [0.29, 0.717) is 22.7 Å². The molecule has 2 aromatic rings. The minimum Gasteiger partial charge on any atom is -0.383 e. The Labute approximate surface area is 97.0 Å². The fourth-order valence-corrected chi connectivity index (χ4v) is 1.44. The zero-order valence-corrected chi connectivity index (χ0v) is 9.41. The quantitative estimate of drug-likeness (QED) is 0.617. The van der Waals surface area contributed by atoms with E-state index in [9.17, 15) is 10.1 Å². The number of aromatic nitrogens is 2. The first kappa shape index (κ1) is 11.1. The van der Waals surface area contributed by atoms with Crippen LogP contribution >= 0.6 is 0 Å². The van der Waals surface area contributed by atoms with E-state index < -0.39 is 4.92 Å². The first-order chi connectivity index (χ1) is 7.99. The van der Waals surface area contributed by atoms with Crippen LogP contribution in [0.25, 0.3) is 10.9 Å². The summed E-state index contributed by atoms with van der Waals surface area (Å²) in [6.07, 6.45) is 0. The standard InChI is InChI=1S/C10H11N5O2/c1-14(2)10-12-8-5-6(15(16)17)3-4-7(8)9(11)13-10/h3-5H,1-2H3,(H2,11,12,13). The lowest BCUT2D eigenvalue weighted by atomic mass is 10.2. The summed E-state index contributed by atoms with van der Waals surface area (Å²) in [5.41, 5.74) is 6.23. The first-order valence-electron chi connectivity index (χ1n) is 4.88. The van der Waals surface area contributed by atoms with Crippen molar-refractivity contribution in [3.05, 3.63) is 28.3 Å². The van der Waals surface area contributed by atoms with Crippen LogP contribution in [-0.2, 0) is 0 Å². The van der Waals surface area contributed by atoms with Crippen molar-refractivity contribution in [2.24, 2.45) is 0 Å². The minimum absolute atomic E-state index is 0.0136. The molecule has 0 amide bonds. The number of nitro groups is 1. The molecule has 2 N–H and O–H groups in total. The molecule has 0 aliphatic carbocycles. The molecule has 17 heavy (non-hydrogen) atoms. The van der Waals surface area contributed by atoms with Gasteiger partial charge in [0, 0.05) is 31.6 Å². The molecule has 7 nitrogen and oxygen atoms in total. The van der Waals surface area contributed by atoms with Crippen LogP contribution < -0.4 is 10.6 Å². The number of nitrogens with two attached hydrogens (primary N) is 1. The molecular formula is C10H11N5O2. The van der Waals surface area contributed by atoms with Gasteiger partial charge in [0.25, 0.3) is 5.69 Å². The van der Waals surface area contributed by atoms with E-state index in [1.165, 1.54) is 12.1 Å². The number of anilines is 2. The Bertz CT molecular complexity index is 597. The SMILES string of the molecule is CN(C)c1nc(N)c2ccc([N+](=O)[O-])cc2n1. The number of rotatable bonds is 2. The highest BCUT2D eigenvalue weighted by Crippen LogP contribution is 2.24. The van der Waals surface area contributed by atoms with E-state index in [1.807, 2.05) is 0 Å². The van der Waals surface area contributed by atoms with Crippen molar-refractivity contribution in [2.75, 3.05) is 24.7 Å². The number of fused-ring (bicyclic) bond motifs is 1. The number of benzene rings is 1. The second-order valence-electron chi connectivity index (χ2n) is 3.76. The topological polar surface area (TPSA) is 98.2 Å². The van der Waals surface area contributed by atoms with Crippen LogP contribution in [0.5, 0.6) is 0 Å². The molecule has 0 atom stereocenters. The maximum atomic E-state index is 10.7. The van der Waals surface area contributed by atoms with Crippen molar-refractivity contribution in [3.63, 3.8) is 0 Å². The molecule has 0 aliphatic rings. The molecule has 1 aromatic carbocycles. The monoisotopic (exact) mass is 233 g/mol. The number of nitrogens with zero attached hydrogens (tertiary/aromatic N) is 4. The first-order valence-corrected chi connectivity index (χ1v) is 4.88. The Balaban J connectivity index is 2.70. The van der Waals surface area contributed by atoms with E-state index in [0.717, 1.165) is 0 Å². The number of nitrogen functional groups attached to an aromatic ring is 1. The molecule has 2 rings (SSSR count). The lowest BCUT2D eigenvalue weighted by Gasteiger charge is -2.11. The Morgan fingerprint density at radius 3 is 2.65 bits per heavy atom. The van der Waals surface area contributed by atoms with Crippen LogP contribution in [0.3, 0.4) is 0 Å². The lowest BCUT2D eigenvalue weighted by Crippen LogP contribution is -2.13. The van der Waals surface area contributed by atoms with Gasteiger partial charge >= 0.3 is 0 Å². The largest absolute Gasteiger partial charge is 0.383 e. The van der Waals surface area contributed by atoms with Gasteiger partial charge in [-0.1, -0.05) is 0 Å². The summed E-state index contributed by atoms with van der Waals surface area (Å²) >= 11 is 0. The Kier molecular flexibility index (Phi) is 2.51. The molecule has 0 radical (unpaired) electrons. The predicted octanol–water partition coefficient (Wildman–Crippen LogP) is 1.19. The van der Waals surface area contributed by atoms with Crippen LogP contribution in [0.1, 0.15) is 0 Å². The van der Waals surface area contributed by atoms with Crippen molar-refractivity contribution in [1.82, 2.24) is 9.97 Å². The van der Waals surface area contributed by atoms with Gasteiger partial charge in [0.05, 0.1) is 10.4 Å². The Morgan fingerprint density at radius 1 is 1.35 bits per heavy atom. The third-order valence-electron chi connectivity index (χ3n) is 2.31. The van der Waals surface area contributed by atoms with Crippen LogP contribution in [0.15, 0.2) is 18.2 Å². The van der Waals surface area contributed by atoms with Crippen LogP contribution in [-0.4, -0.2) is 29.0 Å². The molecule has 0 saturated carbocycles. The zero-order valence-electron chi connectivity index (χ0n) is 9.41. The maximum Gasteiger partial charge on any atom is 0.271 e. The third kappa shape index (κ3) is 1.94. The van der Waals surface area contributed by atoms with E-state index in [4.69, 9.17) is 5.73 Å². The average molecular weight is 233 g/mol. The van der Waals surface area contributed by atoms with Gasteiger partial charge in [-0.05, 0) is 6.07 Å². The van der Waals surface area contributed by atoms with Gasteiger partial charge in [-0.3, -0.25) is 10.1 Å². The van der Waals surface area contributed by atoms with E-state index >= 15 is 0 Å². The summed E-state index contributed by atoms with van der Waals surface area (Å²) in [6.45, 7) is 0. The molecule has 1 aromatic heterocycles. The zero-order chi connectivity index (χ0) is 12.6. The minimum atomic E-state index is -0.465. The van der Waals surface area contributed by atoms with Gasteiger partial charge in [0.1, 0.15) is 5.82 Å². The van der Waals surface area contributed by atoms with Crippen LogP contribution in [0.2, 0.25) is 0 Å². The van der Waals surface area contributed by atoms with Crippen molar-refractivity contribution >= 4 is 28.4 Å². The highest BCUT2D eigenvalue weighted by Gasteiger charge is 2.11. The molecule has 88 valence electrons. The number of non-ortho nitro benzene ring substituents is 1. The van der Waals surface area contributed by atoms with Gasteiger partial charge in [0.2, 0.25) is 5.95 Å². The molecule has 0 bridgehead atoms. The van der Waals surface area contributed by atoms with Crippen molar-refractivity contribution < 1.29 is 4.92 Å². The Hall–Kier alpha value is -2.44. The number of hydrogen-bond donors (Lipinski definition) is 1. The second kappa shape index (κ2) is 3.85. The third-order valence-corrected chi connectivity index (χ3v) is 2.31. The summed E-state index contributed by atoms with van der Waals surface area (Å²) in [5.74, 6) is 0.740. The summed E-state index contributed by atoms with van der Waals surface area (Å²) < 4.78 is 0. The summed E-state index contributed by atoms with van der Waals surface area (Å²) in [6, 6.07) is 4.33. The second-order valence-corrected chi connectivity index (χ2v) is 3.76. The average Bonchev–Trinajstić information content (AvgIpc) is 2.27. The van der Waals surface area contributed by atoms with Gasteiger partial charge in [-0.25, -0.2) is 4.98 Å². The summed E-state index contributed by atoms with van der Waals surface area (Å²) in [5, 5.41) is 11.3. The smallest absolute Gasteiger partial charge is 0.271 e. The molecule has 1 heterocycles. The number of nitro benzene ring substituents is 1. The highest BCUT2D eigenvalue weighted by molar-refractivity contribution is 5.90. The Morgan fingerprint density at radius 2 is 2.06 bits per heavy atom. The van der Waals surface area contributed by atoms with Crippen molar-refractivity contribution in [1.29, 1.82) is 0 Å². The van der Waals surface area contributed by atoms with Gasteiger partial charge in [-0.15, -0.1) is 0 Å². The molecule has 0 aliphatic heterocycles. The highest BCUT2D eigenvalue weighted by atomic mass is 16.6. The molecule has 0 unspecified atom stereocenters. The van der Waals surface area contributed by atoms with Crippen molar-refractivity contribution in [2.45, 2.75) is 0 Å². The van der Waals surface area contributed by atoms with E-state index in [-0.39, 0.29) is 5.69 Å². The fourth-order valence-electron chi connectivity index (χ4n) is 1.44. The molecule has 0 spiro atoms. The van der Waals surface area contributed by atoms with E-state index in [2.05, 4.69) is 9.97 Å². The maximum absolute atomic E-state index is 10.7. The van der Waals surface area contributed by atoms with E-state index in [1.54, 1.807) is 25.1 Å². The summed E-state index contributed by atoms with van der Waals surface area (Å²) in [4.78, 5) is 20.2. The lowest BCUT2D eigenvalue weighted by molar-refractivity contribution is -0.384. The van der Waals surface area contributed by atoms with Gasteiger partial charge in [0.15, 0.2) is 0 Å². The number of hydrogen-bond acceptors (Lipinski definition) is 6. The van der Waals surface area contributed by atoms with Crippen LogP contribution in [0.4, 0.5) is 17.5 Å². The molecule has 0 fully saturated rings. The normalized spacial score (nSPS) is 10.5. The van der Waals surface area contributed by atoms with Crippen LogP contribution in [0, 0.1) is 10.1 Å². The molecule has 7 heteroatoms. The van der Waals surface area contributed by atoms with Gasteiger partial charge < -0.3 is 10.6 Å².